The molecule has 0 atom stereocenters. The van der Waals surface area contributed by atoms with Gasteiger partial charge in [0.05, 0.1) is 24.8 Å². The minimum Gasteiger partial charge on any atom is -0.332 e. The molecule has 0 heterocycles. The Hall–Kier alpha value is -0.770. The molecule has 0 radical (unpaired) electrons. The van der Waals surface area contributed by atoms with Gasteiger partial charge in [0, 0.05) is 5.02 Å². The first-order chi connectivity index (χ1) is 6.99. The zero-order valence-corrected chi connectivity index (χ0v) is 10.1. The maximum atomic E-state index is 11.4. The van der Waals surface area contributed by atoms with E-state index in [1.165, 1.54) is 0 Å². The van der Waals surface area contributed by atoms with E-state index < -0.39 is 0 Å². The number of hydrogen-bond acceptors (Lipinski definition) is 1. The monoisotopic (exact) mass is 247 g/mol. The van der Waals surface area contributed by atoms with E-state index in [0.29, 0.717) is 22.3 Å². The number of hydrogen-bond donors (Lipinski definition) is 2. The summed E-state index contributed by atoms with van der Waals surface area (Å²) in [7, 11) is 3.81. The highest BCUT2D eigenvalue weighted by atomic mass is 35.5. The van der Waals surface area contributed by atoms with E-state index >= 15 is 0 Å². The van der Waals surface area contributed by atoms with Crippen LogP contribution in [-0.2, 0) is 4.79 Å². The van der Waals surface area contributed by atoms with Crippen LogP contribution in [0.3, 0.4) is 0 Å². The third kappa shape index (κ3) is 4.08. The van der Waals surface area contributed by atoms with Gasteiger partial charge < -0.3 is 10.2 Å². The summed E-state index contributed by atoms with van der Waals surface area (Å²) in [6, 6.07) is 4.97. The van der Waals surface area contributed by atoms with Crippen LogP contribution in [0.15, 0.2) is 18.2 Å². The van der Waals surface area contributed by atoms with Gasteiger partial charge in [0.25, 0.3) is 5.91 Å². The molecule has 0 aromatic heterocycles. The minimum absolute atomic E-state index is 0.0702. The lowest BCUT2D eigenvalue weighted by Crippen LogP contribution is -3.06. The van der Waals surface area contributed by atoms with Crippen molar-refractivity contribution < 1.29 is 9.69 Å². The van der Waals surface area contributed by atoms with Gasteiger partial charge in [-0.25, -0.2) is 0 Å². The van der Waals surface area contributed by atoms with Crippen LogP contribution in [0.4, 0.5) is 5.69 Å². The van der Waals surface area contributed by atoms with Crippen molar-refractivity contribution in [3.05, 3.63) is 28.2 Å². The summed E-state index contributed by atoms with van der Waals surface area (Å²) in [4.78, 5) is 12.5. The quantitative estimate of drug-likeness (QED) is 0.824. The van der Waals surface area contributed by atoms with E-state index in [1.54, 1.807) is 18.2 Å². The Balaban J connectivity index is 2.68. The molecule has 1 aromatic rings. The lowest BCUT2D eigenvalue weighted by Gasteiger charge is -2.09. The van der Waals surface area contributed by atoms with Crippen molar-refractivity contribution in [2.75, 3.05) is 26.0 Å². The van der Waals surface area contributed by atoms with Crippen molar-refractivity contribution in [1.82, 2.24) is 0 Å². The van der Waals surface area contributed by atoms with Gasteiger partial charge in [-0.1, -0.05) is 23.2 Å². The summed E-state index contributed by atoms with van der Waals surface area (Å²) >= 11 is 11.6. The lowest BCUT2D eigenvalue weighted by atomic mass is 10.3. The first-order valence-electron chi connectivity index (χ1n) is 4.53. The van der Waals surface area contributed by atoms with Crippen molar-refractivity contribution in [2.24, 2.45) is 0 Å². The van der Waals surface area contributed by atoms with Gasteiger partial charge in [0.2, 0.25) is 0 Å². The molecule has 5 heteroatoms. The number of benzene rings is 1. The van der Waals surface area contributed by atoms with E-state index in [4.69, 9.17) is 23.2 Å². The van der Waals surface area contributed by atoms with Crippen LogP contribution in [0.5, 0.6) is 0 Å². The Labute approximate surface area is 99.0 Å². The van der Waals surface area contributed by atoms with Gasteiger partial charge in [0.15, 0.2) is 6.54 Å². The molecule has 1 amide bonds. The molecule has 2 N–H and O–H groups in total. The molecule has 0 aliphatic rings. The zero-order chi connectivity index (χ0) is 11.4. The molecule has 0 fully saturated rings. The molecule has 1 rings (SSSR count). The highest BCUT2D eigenvalue weighted by molar-refractivity contribution is 6.36. The molecule has 0 unspecified atom stereocenters. The lowest BCUT2D eigenvalue weighted by molar-refractivity contribution is -0.849. The Morgan fingerprint density at radius 2 is 2.07 bits per heavy atom. The third-order valence-electron chi connectivity index (χ3n) is 1.72. The largest absolute Gasteiger partial charge is 0.332 e. The van der Waals surface area contributed by atoms with Crippen molar-refractivity contribution >= 4 is 34.8 Å². The first kappa shape index (κ1) is 12.3. The third-order valence-corrected chi connectivity index (χ3v) is 2.27. The standard InChI is InChI=1S/C10H12Cl2N2O/c1-14(2)6-10(15)13-9-4-3-7(11)5-8(9)12/h3-5H,6H2,1-2H3,(H,13,15)/p+1. The average Bonchev–Trinajstić information content (AvgIpc) is 2.08. The van der Waals surface area contributed by atoms with Crippen molar-refractivity contribution in [2.45, 2.75) is 0 Å². The molecule has 15 heavy (non-hydrogen) atoms. The van der Waals surface area contributed by atoms with Crippen LogP contribution in [0.25, 0.3) is 0 Å². The maximum absolute atomic E-state index is 11.4. The molecule has 0 saturated heterocycles. The second-order valence-corrected chi connectivity index (χ2v) is 4.40. The number of anilines is 1. The maximum Gasteiger partial charge on any atom is 0.279 e. The number of carbonyl (C=O) groups is 1. The van der Waals surface area contributed by atoms with Crippen molar-refractivity contribution in [3.63, 3.8) is 0 Å². The topological polar surface area (TPSA) is 33.5 Å². The van der Waals surface area contributed by atoms with Crippen LogP contribution >= 0.6 is 23.2 Å². The number of quaternary nitrogens is 1. The van der Waals surface area contributed by atoms with Gasteiger partial charge in [-0.05, 0) is 18.2 Å². The van der Waals surface area contributed by atoms with Crippen LogP contribution < -0.4 is 10.2 Å². The van der Waals surface area contributed by atoms with Crippen LogP contribution in [0, 0.1) is 0 Å². The summed E-state index contributed by atoms with van der Waals surface area (Å²) in [5.41, 5.74) is 0.590. The summed E-state index contributed by atoms with van der Waals surface area (Å²) in [5.74, 6) is -0.0702. The van der Waals surface area contributed by atoms with Gasteiger partial charge >= 0.3 is 0 Å². The molecule has 82 valence electrons. The summed E-state index contributed by atoms with van der Waals surface area (Å²) in [6.07, 6.45) is 0. The Morgan fingerprint density at radius 3 is 2.60 bits per heavy atom. The number of likely N-dealkylation sites (N-methyl/N-ethyl adjacent to an activating group) is 1. The fourth-order valence-electron chi connectivity index (χ4n) is 1.11. The molecule has 0 aliphatic carbocycles. The molecule has 0 bridgehead atoms. The number of carbonyl (C=O) groups excluding carboxylic acids is 1. The zero-order valence-electron chi connectivity index (χ0n) is 8.60. The Kier molecular flexibility index (Phi) is 4.39. The smallest absolute Gasteiger partial charge is 0.279 e. The average molecular weight is 248 g/mol. The van der Waals surface area contributed by atoms with Gasteiger partial charge in [0.1, 0.15) is 0 Å². The van der Waals surface area contributed by atoms with E-state index in [9.17, 15) is 4.79 Å². The molecule has 0 spiro atoms. The predicted molar refractivity (Wildman–Crippen MR) is 62.8 cm³/mol. The Morgan fingerprint density at radius 1 is 1.40 bits per heavy atom. The molecular formula is C10H13Cl2N2O+. The van der Waals surface area contributed by atoms with Crippen LogP contribution in [0.1, 0.15) is 0 Å². The fraction of sp³-hybridized carbons (Fsp3) is 0.300. The summed E-state index contributed by atoms with van der Waals surface area (Å²) in [6.45, 7) is 0.402. The SMILES string of the molecule is C[NH+](C)CC(=O)Nc1ccc(Cl)cc1Cl. The number of halogens is 2. The van der Waals surface area contributed by atoms with Crippen LogP contribution in [-0.4, -0.2) is 26.5 Å². The summed E-state index contributed by atoms with van der Waals surface area (Å²) in [5, 5.41) is 3.72. The molecule has 0 aliphatic heterocycles. The predicted octanol–water partition coefficient (Wildman–Crippen LogP) is 1.08. The molecular weight excluding hydrogens is 235 g/mol. The second kappa shape index (κ2) is 5.35. The van der Waals surface area contributed by atoms with E-state index in [1.807, 2.05) is 14.1 Å². The first-order valence-corrected chi connectivity index (χ1v) is 5.28. The van der Waals surface area contributed by atoms with E-state index in [2.05, 4.69) is 5.32 Å². The number of nitrogens with one attached hydrogen (secondary N) is 2. The normalized spacial score (nSPS) is 10.5. The molecule has 3 nitrogen and oxygen atoms in total. The van der Waals surface area contributed by atoms with Gasteiger partial charge in [-0.15, -0.1) is 0 Å². The van der Waals surface area contributed by atoms with Crippen LogP contribution in [0.2, 0.25) is 10.0 Å². The van der Waals surface area contributed by atoms with Gasteiger partial charge in [-0.2, -0.15) is 0 Å². The molecule has 1 aromatic carbocycles. The highest BCUT2D eigenvalue weighted by Gasteiger charge is 2.08. The minimum atomic E-state index is -0.0702. The van der Waals surface area contributed by atoms with Crippen molar-refractivity contribution in [1.29, 1.82) is 0 Å². The molecule has 0 saturated carbocycles. The highest BCUT2D eigenvalue weighted by Crippen LogP contribution is 2.24. The number of amides is 1. The fourth-order valence-corrected chi connectivity index (χ4v) is 1.56. The number of rotatable bonds is 3. The van der Waals surface area contributed by atoms with E-state index in [-0.39, 0.29) is 5.91 Å². The second-order valence-electron chi connectivity index (χ2n) is 3.56. The van der Waals surface area contributed by atoms with E-state index in [0.717, 1.165) is 4.90 Å². The summed E-state index contributed by atoms with van der Waals surface area (Å²) < 4.78 is 0. The Bertz CT molecular complexity index is 366. The van der Waals surface area contributed by atoms with Crippen molar-refractivity contribution in [3.8, 4) is 0 Å². The van der Waals surface area contributed by atoms with Gasteiger partial charge in [-0.3, -0.25) is 4.79 Å².